The Hall–Kier alpha value is -3.21. The minimum atomic E-state index is -3.96. The molecule has 0 saturated carbocycles. The molecule has 0 radical (unpaired) electrons. The molecule has 0 spiro atoms. The van der Waals surface area contributed by atoms with Crippen LogP contribution in [-0.2, 0) is 10.0 Å². The first-order valence-electron chi connectivity index (χ1n) is 8.21. The molecule has 1 heterocycles. The van der Waals surface area contributed by atoms with Crippen LogP contribution in [0.4, 0.5) is 0 Å². The van der Waals surface area contributed by atoms with E-state index in [0.29, 0.717) is 22.5 Å². The van der Waals surface area contributed by atoms with Crippen LogP contribution in [0.2, 0.25) is 0 Å². The molecule has 6 nitrogen and oxygen atoms in total. The number of hydrogen-bond acceptors (Lipinski definition) is 4. The number of aromatic nitrogens is 2. The maximum Gasteiger partial charge on any atom is 0.238 e. The molecular formula is C20H18N4O2S. The van der Waals surface area contributed by atoms with Crippen molar-refractivity contribution in [3.63, 3.8) is 0 Å². The van der Waals surface area contributed by atoms with E-state index in [4.69, 9.17) is 5.14 Å². The molecule has 0 bridgehead atoms. The zero-order valence-electron chi connectivity index (χ0n) is 14.9. The molecule has 0 fully saturated rings. The minimum absolute atomic E-state index is 0.0343. The number of rotatable bonds is 4. The largest absolute Gasteiger partial charge is 0.238 e. The molecule has 0 amide bonds. The maximum absolute atomic E-state index is 12.1. The van der Waals surface area contributed by atoms with Gasteiger partial charge in [-0.2, -0.15) is 10.4 Å². The number of nitrogens with two attached hydrogens (primary N) is 1. The summed E-state index contributed by atoms with van der Waals surface area (Å²) < 4.78 is 25.6. The quantitative estimate of drug-likeness (QED) is 0.750. The van der Waals surface area contributed by atoms with Gasteiger partial charge in [0.1, 0.15) is 11.8 Å². The predicted octanol–water partition coefficient (Wildman–Crippen LogP) is 3.54. The molecular weight excluding hydrogens is 360 g/mol. The summed E-state index contributed by atoms with van der Waals surface area (Å²) in [6, 6.07) is 16.2. The fourth-order valence-electron chi connectivity index (χ4n) is 2.88. The van der Waals surface area contributed by atoms with Crippen LogP contribution in [-0.4, -0.2) is 18.2 Å². The van der Waals surface area contributed by atoms with Crippen LogP contribution in [0.25, 0.3) is 28.6 Å². The first-order chi connectivity index (χ1) is 12.9. The predicted molar refractivity (Wildman–Crippen MR) is 105 cm³/mol. The molecule has 0 unspecified atom stereocenters. The van der Waals surface area contributed by atoms with Crippen molar-refractivity contribution in [1.29, 1.82) is 5.26 Å². The number of primary sulfonamides is 1. The first kappa shape index (κ1) is 18.6. The van der Waals surface area contributed by atoms with Gasteiger partial charge in [-0.25, -0.2) is 18.2 Å². The Kier molecular flexibility index (Phi) is 4.95. The number of benzene rings is 2. The van der Waals surface area contributed by atoms with Gasteiger partial charge in [0.2, 0.25) is 10.0 Å². The van der Waals surface area contributed by atoms with Gasteiger partial charge in [0.05, 0.1) is 4.90 Å². The van der Waals surface area contributed by atoms with Gasteiger partial charge >= 0.3 is 0 Å². The number of nitrogens with zero attached hydrogens (tertiary/aromatic N) is 3. The van der Waals surface area contributed by atoms with E-state index in [9.17, 15) is 13.7 Å². The molecule has 3 rings (SSSR count). The molecule has 1 aromatic heterocycles. The van der Waals surface area contributed by atoms with Crippen molar-refractivity contribution in [2.45, 2.75) is 18.7 Å². The van der Waals surface area contributed by atoms with Gasteiger partial charge in [0.15, 0.2) is 5.69 Å². The molecule has 0 atom stereocenters. The lowest BCUT2D eigenvalue weighted by Gasteiger charge is -2.08. The van der Waals surface area contributed by atoms with E-state index in [0.717, 1.165) is 11.1 Å². The van der Waals surface area contributed by atoms with Gasteiger partial charge in [0.25, 0.3) is 0 Å². The Morgan fingerprint density at radius 1 is 1.15 bits per heavy atom. The van der Waals surface area contributed by atoms with E-state index in [2.05, 4.69) is 11.2 Å². The zero-order valence-corrected chi connectivity index (χ0v) is 15.7. The lowest BCUT2D eigenvalue weighted by molar-refractivity contribution is 0.598. The molecule has 2 N–H and O–H groups in total. The number of sulfonamides is 1. The summed E-state index contributed by atoms with van der Waals surface area (Å²) in [6.45, 7) is 3.78. The minimum Gasteiger partial charge on any atom is -0.229 e. The van der Waals surface area contributed by atoms with Crippen LogP contribution < -0.4 is 5.14 Å². The van der Waals surface area contributed by atoms with Crippen LogP contribution >= 0.6 is 0 Å². The Morgan fingerprint density at radius 3 is 2.41 bits per heavy atom. The highest BCUT2D eigenvalue weighted by atomic mass is 32.2. The summed E-state index contributed by atoms with van der Waals surface area (Å²) in [7, 11) is -3.96. The topological polar surface area (TPSA) is 102 Å². The summed E-state index contributed by atoms with van der Waals surface area (Å²) >= 11 is 0. The van der Waals surface area contributed by atoms with Crippen LogP contribution in [0.1, 0.15) is 18.2 Å². The molecule has 0 aliphatic rings. The standard InChI is InChI=1S/C20H18N4O2S/c1-3-12-24-17(13-21)19(15-10-8-14(2)9-11-15)20(23-24)16-6-4-5-7-18(16)27(22,25)26/h3-12H,1-2H3,(H2,22,25,26). The highest BCUT2D eigenvalue weighted by Crippen LogP contribution is 2.37. The van der Waals surface area contributed by atoms with Crippen molar-refractivity contribution in [2.24, 2.45) is 5.14 Å². The Labute approximate surface area is 158 Å². The van der Waals surface area contributed by atoms with Crippen LogP contribution in [0.3, 0.4) is 0 Å². The summed E-state index contributed by atoms with van der Waals surface area (Å²) in [5.41, 5.74) is 3.47. The highest BCUT2D eigenvalue weighted by molar-refractivity contribution is 7.89. The average molecular weight is 378 g/mol. The number of aryl methyl sites for hydroxylation is 1. The average Bonchev–Trinajstić information content (AvgIpc) is 3.00. The summed E-state index contributed by atoms with van der Waals surface area (Å²) in [6.07, 6.45) is 3.40. The molecule has 27 heavy (non-hydrogen) atoms. The smallest absolute Gasteiger partial charge is 0.229 e. The number of nitriles is 1. The van der Waals surface area contributed by atoms with E-state index >= 15 is 0 Å². The summed E-state index contributed by atoms with van der Waals surface area (Å²) in [4.78, 5) is -0.0343. The summed E-state index contributed by atoms with van der Waals surface area (Å²) in [5, 5.41) is 19.6. The van der Waals surface area contributed by atoms with Gasteiger partial charge in [-0.15, -0.1) is 0 Å². The molecule has 0 aliphatic heterocycles. The Morgan fingerprint density at radius 2 is 1.81 bits per heavy atom. The fourth-order valence-corrected chi connectivity index (χ4v) is 3.62. The number of hydrogen-bond donors (Lipinski definition) is 1. The lowest BCUT2D eigenvalue weighted by atomic mass is 9.98. The molecule has 0 aliphatic carbocycles. The normalized spacial score (nSPS) is 11.6. The molecule has 0 saturated heterocycles. The third-order valence-corrected chi connectivity index (χ3v) is 5.06. The van der Waals surface area contributed by atoms with E-state index in [-0.39, 0.29) is 4.90 Å². The zero-order chi connectivity index (χ0) is 19.6. The van der Waals surface area contributed by atoms with Gasteiger partial charge in [-0.3, -0.25) is 0 Å². The van der Waals surface area contributed by atoms with Gasteiger partial charge in [0, 0.05) is 17.3 Å². The Bertz CT molecular complexity index is 1170. The van der Waals surface area contributed by atoms with Crippen molar-refractivity contribution in [1.82, 2.24) is 9.78 Å². The van der Waals surface area contributed by atoms with Crippen LogP contribution in [0.15, 0.2) is 59.5 Å². The van der Waals surface area contributed by atoms with Gasteiger partial charge in [-0.1, -0.05) is 54.1 Å². The highest BCUT2D eigenvalue weighted by Gasteiger charge is 2.24. The lowest BCUT2D eigenvalue weighted by Crippen LogP contribution is -2.13. The Balaban J connectivity index is 2.41. The van der Waals surface area contributed by atoms with Gasteiger partial charge < -0.3 is 0 Å². The summed E-state index contributed by atoms with van der Waals surface area (Å²) in [5.74, 6) is 0. The first-order valence-corrected chi connectivity index (χ1v) is 9.76. The third-order valence-electron chi connectivity index (χ3n) is 4.10. The maximum atomic E-state index is 12.1. The van der Waals surface area contributed by atoms with Crippen molar-refractivity contribution in [3.8, 4) is 28.5 Å². The van der Waals surface area contributed by atoms with Crippen molar-refractivity contribution >= 4 is 16.2 Å². The molecule has 7 heteroatoms. The van der Waals surface area contributed by atoms with E-state index < -0.39 is 10.0 Å². The van der Waals surface area contributed by atoms with Crippen molar-refractivity contribution in [3.05, 3.63) is 65.9 Å². The van der Waals surface area contributed by atoms with Crippen LogP contribution in [0.5, 0.6) is 0 Å². The second kappa shape index (κ2) is 7.19. The number of allylic oxidation sites excluding steroid dienone is 1. The second-order valence-electron chi connectivity index (χ2n) is 6.02. The van der Waals surface area contributed by atoms with E-state index in [1.54, 1.807) is 30.5 Å². The SMILES string of the molecule is CC=Cn1nc(-c2ccccc2S(N)(=O)=O)c(-c2ccc(C)cc2)c1C#N. The van der Waals surface area contributed by atoms with E-state index in [1.807, 2.05) is 38.1 Å². The third kappa shape index (κ3) is 3.53. The molecule has 2 aromatic carbocycles. The fraction of sp³-hybridized carbons (Fsp3) is 0.100. The van der Waals surface area contributed by atoms with Gasteiger partial charge in [-0.05, 0) is 25.5 Å². The molecule has 136 valence electrons. The van der Waals surface area contributed by atoms with E-state index in [1.165, 1.54) is 10.7 Å². The van der Waals surface area contributed by atoms with Crippen molar-refractivity contribution < 1.29 is 8.42 Å². The van der Waals surface area contributed by atoms with Crippen molar-refractivity contribution in [2.75, 3.05) is 0 Å². The second-order valence-corrected chi connectivity index (χ2v) is 7.55. The monoisotopic (exact) mass is 378 g/mol. The molecule has 3 aromatic rings. The van der Waals surface area contributed by atoms with Crippen LogP contribution in [0, 0.1) is 18.3 Å².